The molecule has 0 bridgehead atoms. The fourth-order valence-corrected chi connectivity index (χ4v) is 7.81. The van der Waals surface area contributed by atoms with Crippen molar-refractivity contribution in [2.75, 3.05) is 6.54 Å². The molecule has 3 fully saturated rings. The lowest BCUT2D eigenvalue weighted by Crippen LogP contribution is -2.61. The second-order valence-electron chi connectivity index (χ2n) is 9.74. The van der Waals surface area contributed by atoms with Gasteiger partial charge in [-0.15, -0.1) is 11.3 Å². The Morgan fingerprint density at radius 1 is 1.06 bits per heavy atom. The number of aromatic nitrogens is 1. The quantitative estimate of drug-likeness (QED) is 0.557. The van der Waals surface area contributed by atoms with Crippen molar-refractivity contribution in [1.29, 1.82) is 0 Å². The number of benzene rings is 2. The smallest absolute Gasteiger partial charge is 0.317 e. The lowest BCUT2D eigenvalue weighted by Gasteiger charge is -2.45. The number of thiazole rings is 1. The maximum atomic E-state index is 13.4. The second-order valence-corrected chi connectivity index (χ2v) is 13.2. The third kappa shape index (κ3) is 3.89. The van der Waals surface area contributed by atoms with Gasteiger partial charge in [-0.3, -0.25) is 4.84 Å². The SMILES string of the molecule is Cc1nc2cc(-c3ccc(S(=O)(=O)C4CCC5(CC4)CN(C4CC4)C(=O)NO5)cc3)ccc2s1. The van der Waals surface area contributed by atoms with Crippen molar-refractivity contribution in [1.82, 2.24) is 15.4 Å². The summed E-state index contributed by atoms with van der Waals surface area (Å²) in [5, 5.41) is 0.595. The molecule has 34 heavy (non-hydrogen) atoms. The highest BCUT2D eigenvalue weighted by atomic mass is 32.2. The number of nitrogens with one attached hydrogen (secondary N) is 1. The molecule has 1 N–H and O–H groups in total. The molecule has 1 saturated heterocycles. The van der Waals surface area contributed by atoms with Crippen LogP contribution in [0.5, 0.6) is 0 Å². The third-order valence-corrected chi connectivity index (χ3v) is 10.6. The minimum Gasteiger partial charge on any atom is -0.317 e. The van der Waals surface area contributed by atoms with Crippen LogP contribution in [-0.4, -0.2) is 47.8 Å². The van der Waals surface area contributed by atoms with Crippen molar-refractivity contribution < 1.29 is 18.0 Å². The number of aryl methyl sites for hydroxylation is 1. The maximum absolute atomic E-state index is 13.4. The van der Waals surface area contributed by atoms with Crippen LogP contribution in [0.2, 0.25) is 0 Å². The number of carbonyl (C=O) groups is 1. The van der Waals surface area contributed by atoms with E-state index < -0.39 is 20.7 Å². The second kappa shape index (κ2) is 8.03. The van der Waals surface area contributed by atoms with Crippen LogP contribution < -0.4 is 5.48 Å². The lowest BCUT2D eigenvalue weighted by atomic mass is 9.83. The molecule has 178 valence electrons. The largest absolute Gasteiger partial charge is 0.341 e. The number of fused-ring (bicyclic) bond motifs is 1. The summed E-state index contributed by atoms with van der Waals surface area (Å²) in [6.45, 7) is 2.55. The summed E-state index contributed by atoms with van der Waals surface area (Å²) < 4.78 is 27.9. The molecule has 2 heterocycles. The van der Waals surface area contributed by atoms with Crippen molar-refractivity contribution in [2.24, 2.45) is 0 Å². The first kappa shape index (κ1) is 22.0. The standard InChI is InChI=1S/C25H27N3O4S2/c1-16-26-22-14-18(4-9-23(22)33-16)17-2-7-20(8-3-17)34(30,31)21-10-12-25(13-11-21)15-28(19-5-6-19)24(29)27-32-25/h2-4,7-9,14,19,21H,5-6,10-13,15H2,1H3,(H,27,29). The highest BCUT2D eigenvalue weighted by Crippen LogP contribution is 2.40. The van der Waals surface area contributed by atoms with E-state index in [0.717, 1.165) is 39.2 Å². The molecular formula is C25H27N3O4S2. The minimum atomic E-state index is -3.44. The van der Waals surface area contributed by atoms with Crippen LogP contribution in [0.15, 0.2) is 47.4 Å². The summed E-state index contributed by atoms with van der Waals surface area (Å²) in [6, 6.07) is 13.5. The van der Waals surface area contributed by atoms with Gasteiger partial charge in [0, 0.05) is 6.04 Å². The Morgan fingerprint density at radius 3 is 2.47 bits per heavy atom. The number of amides is 2. The first-order valence-corrected chi connectivity index (χ1v) is 14.2. The van der Waals surface area contributed by atoms with Crippen molar-refractivity contribution in [3.63, 3.8) is 0 Å². The van der Waals surface area contributed by atoms with E-state index in [-0.39, 0.29) is 6.03 Å². The molecule has 6 rings (SSSR count). The Morgan fingerprint density at radius 2 is 1.76 bits per heavy atom. The molecule has 7 nitrogen and oxygen atoms in total. The molecule has 2 saturated carbocycles. The van der Waals surface area contributed by atoms with Crippen LogP contribution in [0.1, 0.15) is 43.5 Å². The summed E-state index contributed by atoms with van der Waals surface area (Å²) in [4.78, 5) is 24.6. The molecule has 0 unspecified atom stereocenters. The highest BCUT2D eigenvalue weighted by molar-refractivity contribution is 7.92. The zero-order valence-electron chi connectivity index (χ0n) is 19.0. The average molecular weight is 498 g/mol. The van der Waals surface area contributed by atoms with Gasteiger partial charge in [0.2, 0.25) is 0 Å². The van der Waals surface area contributed by atoms with Crippen molar-refractivity contribution in [3.05, 3.63) is 47.5 Å². The summed E-state index contributed by atoms with van der Waals surface area (Å²) >= 11 is 1.67. The van der Waals surface area contributed by atoms with Crippen molar-refractivity contribution in [2.45, 2.75) is 67.2 Å². The number of carbonyl (C=O) groups excluding carboxylic acids is 1. The number of urea groups is 1. The van der Waals surface area contributed by atoms with Crippen molar-refractivity contribution >= 4 is 37.4 Å². The number of hydroxylamine groups is 1. The molecule has 0 atom stereocenters. The summed E-state index contributed by atoms with van der Waals surface area (Å²) in [7, 11) is -3.44. The molecule has 2 aliphatic carbocycles. The van der Waals surface area contributed by atoms with Crippen LogP contribution in [0, 0.1) is 6.92 Å². The van der Waals surface area contributed by atoms with Crippen LogP contribution in [0.4, 0.5) is 4.79 Å². The average Bonchev–Trinajstić information content (AvgIpc) is 3.61. The zero-order valence-corrected chi connectivity index (χ0v) is 20.6. The van der Waals surface area contributed by atoms with Crippen LogP contribution in [0.3, 0.4) is 0 Å². The van der Waals surface area contributed by atoms with Gasteiger partial charge in [0.15, 0.2) is 9.84 Å². The van der Waals surface area contributed by atoms with E-state index in [2.05, 4.69) is 28.7 Å². The van der Waals surface area contributed by atoms with Gasteiger partial charge < -0.3 is 4.90 Å². The number of rotatable bonds is 4. The third-order valence-electron chi connectivity index (χ3n) is 7.36. The Kier molecular flexibility index (Phi) is 5.20. The molecule has 1 aromatic heterocycles. The molecular weight excluding hydrogens is 470 g/mol. The Labute approximate surface area is 203 Å². The molecule has 3 aromatic rings. The normalized spacial score (nSPS) is 25.6. The summed E-state index contributed by atoms with van der Waals surface area (Å²) in [5.74, 6) is 0. The van der Waals surface area contributed by atoms with E-state index in [1.165, 1.54) is 0 Å². The molecule has 1 aliphatic heterocycles. The van der Waals surface area contributed by atoms with Crippen molar-refractivity contribution in [3.8, 4) is 11.1 Å². The van der Waals surface area contributed by atoms with Crippen LogP contribution in [0.25, 0.3) is 21.3 Å². The Bertz CT molecular complexity index is 1350. The molecule has 3 aliphatic rings. The molecule has 2 aromatic carbocycles. The zero-order chi connectivity index (χ0) is 23.5. The Balaban J connectivity index is 1.16. The van der Waals surface area contributed by atoms with Crippen LogP contribution in [-0.2, 0) is 14.7 Å². The topological polar surface area (TPSA) is 88.6 Å². The molecule has 1 spiro atoms. The summed E-state index contributed by atoms with van der Waals surface area (Å²) in [6.07, 6.45) is 4.36. The van der Waals surface area contributed by atoms with E-state index >= 15 is 0 Å². The number of hydrogen-bond donors (Lipinski definition) is 1. The Hall–Kier alpha value is -2.49. The minimum absolute atomic E-state index is 0.174. The van der Waals surface area contributed by atoms with E-state index in [1.54, 1.807) is 23.5 Å². The predicted molar refractivity (Wildman–Crippen MR) is 131 cm³/mol. The number of nitrogens with zero attached hydrogens (tertiary/aromatic N) is 2. The monoisotopic (exact) mass is 497 g/mol. The highest BCUT2D eigenvalue weighted by Gasteiger charge is 2.48. The number of sulfone groups is 1. The first-order valence-electron chi connectivity index (χ1n) is 11.8. The van der Waals surface area contributed by atoms with E-state index in [0.29, 0.717) is 43.2 Å². The van der Waals surface area contributed by atoms with Gasteiger partial charge in [-0.1, -0.05) is 18.2 Å². The maximum Gasteiger partial charge on any atom is 0.341 e. The molecule has 9 heteroatoms. The van der Waals surface area contributed by atoms with E-state index in [1.807, 2.05) is 24.0 Å². The van der Waals surface area contributed by atoms with Gasteiger partial charge in [-0.2, -0.15) is 0 Å². The fraction of sp³-hybridized carbons (Fsp3) is 0.440. The van der Waals surface area contributed by atoms with Gasteiger partial charge in [0.1, 0.15) is 5.60 Å². The molecule has 0 radical (unpaired) electrons. The van der Waals surface area contributed by atoms with Gasteiger partial charge in [-0.25, -0.2) is 23.7 Å². The van der Waals surface area contributed by atoms with Gasteiger partial charge >= 0.3 is 6.03 Å². The van der Waals surface area contributed by atoms with E-state index in [4.69, 9.17) is 4.84 Å². The fourth-order valence-electron chi connectivity index (χ4n) is 5.25. The number of hydrogen-bond acceptors (Lipinski definition) is 6. The lowest BCUT2D eigenvalue weighted by molar-refractivity contribution is -0.146. The molecule has 2 amide bonds. The van der Waals surface area contributed by atoms with E-state index in [9.17, 15) is 13.2 Å². The predicted octanol–water partition coefficient (Wildman–Crippen LogP) is 4.85. The van der Waals surface area contributed by atoms with Gasteiger partial charge in [0.25, 0.3) is 0 Å². The van der Waals surface area contributed by atoms with Gasteiger partial charge in [0.05, 0.1) is 31.9 Å². The van der Waals surface area contributed by atoms with Crippen LogP contribution >= 0.6 is 11.3 Å². The summed E-state index contributed by atoms with van der Waals surface area (Å²) in [5.41, 5.74) is 5.05. The van der Waals surface area contributed by atoms with Gasteiger partial charge in [-0.05, 0) is 80.8 Å². The first-order chi connectivity index (χ1) is 16.3.